The summed E-state index contributed by atoms with van der Waals surface area (Å²) in [6, 6.07) is 5.86. The molecule has 0 unspecified atom stereocenters. The summed E-state index contributed by atoms with van der Waals surface area (Å²) in [6.45, 7) is 7.28. The van der Waals surface area contributed by atoms with Crippen molar-refractivity contribution < 1.29 is 14.0 Å². The summed E-state index contributed by atoms with van der Waals surface area (Å²) in [4.78, 5) is 0. The third kappa shape index (κ3) is 4.35. The number of hydrogen-bond donors (Lipinski definition) is 1. The Morgan fingerprint density at radius 3 is 2.82 bits per heavy atom. The minimum Gasteiger partial charge on any atom is -0.493 e. The fraction of sp³-hybridized carbons (Fsp3) is 0.312. The highest BCUT2D eigenvalue weighted by atomic mass is 79.9. The highest BCUT2D eigenvalue weighted by Crippen LogP contribution is 2.36. The van der Waals surface area contributed by atoms with Crippen molar-refractivity contribution in [3.05, 3.63) is 52.3 Å². The lowest BCUT2D eigenvalue weighted by molar-refractivity contribution is 0.324. The van der Waals surface area contributed by atoms with E-state index in [-0.39, 0.29) is 0 Å². The van der Waals surface area contributed by atoms with Gasteiger partial charge in [0.15, 0.2) is 11.5 Å². The molecule has 0 aliphatic carbocycles. The summed E-state index contributed by atoms with van der Waals surface area (Å²) >= 11 is 3.51. The first-order chi connectivity index (χ1) is 10.6. The summed E-state index contributed by atoms with van der Waals surface area (Å²) in [7, 11) is 1.62. The minimum atomic E-state index is 0.429. The van der Waals surface area contributed by atoms with Gasteiger partial charge in [0.25, 0.3) is 0 Å². The van der Waals surface area contributed by atoms with E-state index in [4.69, 9.17) is 14.0 Å². The average molecular weight is 367 g/mol. The maximum absolute atomic E-state index is 5.61. The van der Waals surface area contributed by atoms with Crippen LogP contribution in [0.5, 0.6) is 11.5 Å². The number of halogens is 1. The molecule has 0 fully saturated rings. The van der Waals surface area contributed by atoms with Crippen molar-refractivity contribution in [1.82, 2.24) is 10.5 Å². The maximum Gasteiger partial charge on any atom is 0.175 e. The second-order valence-electron chi connectivity index (χ2n) is 4.74. The SMILES string of the molecule is C=CCOc1c(Br)cc(CNCc2cc(C)on2)cc1OC. The number of hydrogen-bond acceptors (Lipinski definition) is 5. The zero-order chi connectivity index (χ0) is 15.9. The van der Waals surface area contributed by atoms with Crippen LogP contribution in [0, 0.1) is 6.92 Å². The Hall–Kier alpha value is -1.79. The van der Waals surface area contributed by atoms with E-state index in [1.54, 1.807) is 13.2 Å². The number of benzene rings is 1. The summed E-state index contributed by atoms with van der Waals surface area (Å²) in [5.41, 5.74) is 1.96. The van der Waals surface area contributed by atoms with Gasteiger partial charge in [-0.15, -0.1) is 0 Å². The predicted octanol–water partition coefficient (Wildman–Crippen LogP) is 3.61. The maximum atomic E-state index is 5.61. The molecular weight excluding hydrogens is 348 g/mol. The number of nitrogens with zero attached hydrogens (tertiary/aromatic N) is 1. The van der Waals surface area contributed by atoms with Crippen LogP contribution in [-0.2, 0) is 13.1 Å². The number of rotatable bonds is 8. The molecule has 5 nitrogen and oxygen atoms in total. The monoisotopic (exact) mass is 366 g/mol. The Balaban J connectivity index is 2.01. The highest BCUT2D eigenvalue weighted by molar-refractivity contribution is 9.10. The second kappa shape index (κ2) is 8.00. The van der Waals surface area contributed by atoms with Crippen LogP contribution in [0.3, 0.4) is 0 Å². The van der Waals surface area contributed by atoms with Gasteiger partial charge in [0.05, 0.1) is 17.3 Å². The minimum absolute atomic E-state index is 0.429. The molecule has 0 bridgehead atoms. The molecule has 1 aromatic heterocycles. The van der Waals surface area contributed by atoms with Gasteiger partial charge < -0.3 is 19.3 Å². The van der Waals surface area contributed by atoms with Crippen LogP contribution < -0.4 is 14.8 Å². The molecule has 0 atom stereocenters. The molecule has 0 aliphatic heterocycles. The third-order valence-electron chi connectivity index (χ3n) is 2.95. The van der Waals surface area contributed by atoms with Gasteiger partial charge in [-0.3, -0.25) is 0 Å². The van der Waals surface area contributed by atoms with Crippen molar-refractivity contribution in [2.24, 2.45) is 0 Å². The van der Waals surface area contributed by atoms with E-state index in [9.17, 15) is 0 Å². The molecule has 118 valence electrons. The molecule has 1 N–H and O–H groups in total. The molecule has 2 rings (SSSR count). The number of aromatic nitrogens is 1. The lowest BCUT2D eigenvalue weighted by Crippen LogP contribution is -2.13. The van der Waals surface area contributed by atoms with Gasteiger partial charge in [0.1, 0.15) is 12.4 Å². The van der Waals surface area contributed by atoms with Gasteiger partial charge >= 0.3 is 0 Å². The fourth-order valence-corrected chi connectivity index (χ4v) is 2.60. The topological polar surface area (TPSA) is 56.5 Å². The zero-order valence-corrected chi connectivity index (χ0v) is 14.3. The lowest BCUT2D eigenvalue weighted by Gasteiger charge is -2.13. The Kier molecular flexibility index (Phi) is 6.03. The van der Waals surface area contributed by atoms with Gasteiger partial charge in [-0.2, -0.15) is 0 Å². The highest BCUT2D eigenvalue weighted by Gasteiger charge is 2.11. The van der Waals surface area contributed by atoms with Gasteiger partial charge in [-0.25, -0.2) is 0 Å². The molecule has 1 aromatic carbocycles. The lowest BCUT2D eigenvalue weighted by atomic mass is 10.2. The number of ether oxygens (including phenoxy) is 2. The molecule has 0 spiro atoms. The standard InChI is InChI=1S/C16H19BrN2O3/c1-4-5-21-16-14(17)7-12(8-15(16)20-3)9-18-10-13-6-11(2)22-19-13/h4,6-8,18H,1,5,9-10H2,2-3H3. The fourth-order valence-electron chi connectivity index (χ4n) is 1.99. The first-order valence-corrected chi connectivity index (χ1v) is 7.66. The first kappa shape index (κ1) is 16.6. The summed E-state index contributed by atoms with van der Waals surface area (Å²) in [6.07, 6.45) is 1.70. The molecule has 0 amide bonds. The van der Waals surface area contributed by atoms with Crippen LogP contribution in [0.15, 0.2) is 39.8 Å². The van der Waals surface area contributed by atoms with Crippen LogP contribution in [0.25, 0.3) is 0 Å². The van der Waals surface area contributed by atoms with E-state index < -0.39 is 0 Å². The molecule has 2 aromatic rings. The van der Waals surface area contributed by atoms with Crippen molar-refractivity contribution >= 4 is 15.9 Å². The molecule has 0 saturated heterocycles. The van der Waals surface area contributed by atoms with Crippen molar-refractivity contribution in [1.29, 1.82) is 0 Å². The van der Waals surface area contributed by atoms with E-state index in [0.29, 0.717) is 31.2 Å². The van der Waals surface area contributed by atoms with Crippen molar-refractivity contribution in [3.63, 3.8) is 0 Å². The molecular formula is C16H19BrN2O3. The normalized spacial score (nSPS) is 10.5. The average Bonchev–Trinajstić information content (AvgIpc) is 2.91. The molecule has 0 aliphatic rings. The first-order valence-electron chi connectivity index (χ1n) is 6.87. The molecule has 0 saturated carbocycles. The Morgan fingerprint density at radius 1 is 1.36 bits per heavy atom. The molecule has 0 radical (unpaired) electrons. The van der Waals surface area contributed by atoms with Crippen LogP contribution in [0.2, 0.25) is 0 Å². The third-order valence-corrected chi connectivity index (χ3v) is 3.54. The Labute approximate surface area is 138 Å². The Bertz CT molecular complexity index is 640. The molecule has 1 heterocycles. The number of methoxy groups -OCH3 is 1. The van der Waals surface area contributed by atoms with Crippen molar-refractivity contribution in [2.75, 3.05) is 13.7 Å². The van der Waals surface area contributed by atoms with Crippen LogP contribution in [-0.4, -0.2) is 18.9 Å². The van der Waals surface area contributed by atoms with Crippen molar-refractivity contribution in [2.45, 2.75) is 20.0 Å². The van der Waals surface area contributed by atoms with E-state index in [0.717, 1.165) is 21.5 Å². The number of nitrogens with one attached hydrogen (secondary N) is 1. The van der Waals surface area contributed by atoms with Crippen LogP contribution in [0.1, 0.15) is 17.0 Å². The summed E-state index contributed by atoms with van der Waals surface area (Å²) in [5.74, 6) is 2.17. The molecule has 22 heavy (non-hydrogen) atoms. The molecule has 6 heteroatoms. The van der Waals surface area contributed by atoms with E-state index in [1.807, 2.05) is 25.1 Å². The summed E-state index contributed by atoms with van der Waals surface area (Å²) < 4.78 is 16.9. The quantitative estimate of drug-likeness (QED) is 0.723. The largest absolute Gasteiger partial charge is 0.493 e. The van der Waals surface area contributed by atoms with Crippen LogP contribution >= 0.6 is 15.9 Å². The van der Waals surface area contributed by atoms with E-state index >= 15 is 0 Å². The van der Waals surface area contributed by atoms with E-state index in [2.05, 4.69) is 33.0 Å². The second-order valence-corrected chi connectivity index (χ2v) is 5.60. The number of aryl methyl sites for hydroxylation is 1. The van der Waals surface area contributed by atoms with Gasteiger partial charge in [0, 0.05) is 19.2 Å². The van der Waals surface area contributed by atoms with Gasteiger partial charge in [-0.05, 0) is 40.5 Å². The van der Waals surface area contributed by atoms with Crippen LogP contribution in [0.4, 0.5) is 0 Å². The van der Waals surface area contributed by atoms with Gasteiger partial charge in [0.2, 0.25) is 0 Å². The summed E-state index contributed by atoms with van der Waals surface area (Å²) in [5, 5.41) is 7.26. The zero-order valence-electron chi connectivity index (χ0n) is 12.7. The van der Waals surface area contributed by atoms with E-state index in [1.165, 1.54) is 0 Å². The van der Waals surface area contributed by atoms with Crippen molar-refractivity contribution in [3.8, 4) is 11.5 Å². The predicted molar refractivity (Wildman–Crippen MR) is 88.2 cm³/mol. The van der Waals surface area contributed by atoms with Gasteiger partial charge in [-0.1, -0.05) is 17.8 Å². The Morgan fingerprint density at radius 2 is 2.18 bits per heavy atom. The smallest absolute Gasteiger partial charge is 0.175 e.